The Morgan fingerprint density at radius 3 is 2.48 bits per heavy atom. The maximum Gasteiger partial charge on any atom is 0.306 e. The fourth-order valence-electron chi connectivity index (χ4n) is 4.16. The first-order chi connectivity index (χ1) is 15.0. The minimum Gasteiger partial charge on any atom is -0.481 e. The molecule has 9 nitrogen and oxygen atoms in total. The van der Waals surface area contributed by atoms with Crippen molar-refractivity contribution in [2.45, 2.75) is 19.4 Å². The van der Waals surface area contributed by atoms with Crippen molar-refractivity contribution in [3.63, 3.8) is 0 Å². The van der Waals surface area contributed by atoms with Crippen LogP contribution in [-0.4, -0.2) is 77.7 Å². The number of carboxylic acids is 1. The van der Waals surface area contributed by atoms with Gasteiger partial charge in [-0.25, -0.2) is 0 Å². The number of likely N-dealkylation sites (tertiary alicyclic amines) is 1. The van der Waals surface area contributed by atoms with Crippen LogP contribution in [0.25, 0.3) is 0 Å². The van der Waals surface area contributed by atoms with Gasteiger partial charge in [-0.2, -0.15) is 5.26 Å². The lowest BCUT2D eigenvalue weighted by Crippen LogP contribution is -2.44. The van der Waals surface area contributed by atoms with Crippen LogP contribution in [0.5, 0.6) is 11.5 Å². The van der Waals surface area contributed by atoms with Crippen molar-refractivity contribution < 1.29 is 24.2 Å². The standard InChI is InChI=1S/C22H26N4O5/c23-12-18(21(27)26-5-3-17(4-6-26)22(28)29)14-25-9-7-24(8-10-25)13-16-1-2-19-20(11-16)31-15-30-19/h1-2,11,14,17H,3-10,13,15H2,(H,28,29)/b18-14-. The molecule has 2 saturated heterocycles. The Hall–Kier alpha value is -3.25. The summed E-state index contributed by atoms with van der Waals surface area (Å²) in [6.07, 6.45) is 2.51. The molecule has 1 aromatic carbocycles. The number of aliphatic carboxylic acids is 1. The molecule has 0 unspecified atom stereocenters. The topological polar surface area (TPSA) is 106 Å². The van der Waals surface area contributed by atoms with Gasteiger partial charge in [0.15, 0.2) is 11.5 Å². The molecule has 0 saturated carbocycles. The molecule has 31 heavy (non-hydrogen) atoms. The van der Waals surface area contributed by atoms with Crippen LogP contribution in [0.15, 0.2) is 30.0 Å². The second kappa shape index (κ2) is 9.27. The van der Waals surface area contributed by atoms with Gasteiger partial charge in [-0.1, -0.05) is 6.07 Å². The highest BCUT2D eigenvalue weighted by Gasteiger charge is 2.29. The van der Waals surface area contributed by atoms with Crippen molar-refractivity contribution in [3.05, 3.63) is 35.5 Å². The first-order valence-corrected chi connectivity index (χ1v) is 10.5. The zero-order valence-corrected chi connectivity index (χ0v) is 17.3. The van der Waals surface area contributed by atoms with Gasteiger partial charge in [0.05, 0.1) is 5.92 Å². The molecule has 4 rings (SSSR count). The molecule has 1 N–H and O–H groups in total. The molecule has 1 aromatic rings. The quantitative estimate of drug-likeness (QED) is 0.554. The molecule has 2 fully saturated rings. The van der Waals surface area contributed by atoms with E-state index in [1.54, 1.807) is 11.1 Å². The van der Waals surface area contributed by atoms with Crippen molar-refractivity contribution in [2.24, 2.45) is 5.92 Å². The van der Waals surface area contributed by atoms with Gasteiger partial charge in [-0.05, 0) is 30.5 Å². The van der Waals surface area contributed by atoms with E-state index in [1.165, 1.54) is 0 Å². The lowest BCUT2D eigenvalue weighted by atomic mass is 9.97. The van der Waals surface area contributed by atoms with Crippen LogP contribution in [0.1, 0.15) is 18.4 Å². The lowest BCUT2D eigenvalue weighted by molar-refractivity contribution is -0.145. The second-order valence-corrected chi connectivity index (χ2v) is 8.06. The number of hydrogen-bond donors (Lipinski definition) is 1. The minimum atomic E-state index is -0.818. The number of hydrogen-bond acceptors (Lipinski definition) is 7. The van der Waals surface area contributed by atoms with Gasteiger partial charge in [-0.15, -0.1) is 0 Å². The molecular weight excluding hydrogens is 400 g/mol. The Kier molecular flexibility index (Phi) is 6.28. The van der Waals surface area contributed by atoms with Gasteiger partial charge < -0.3 is 24.4 Å². The summed E-state index contributed by atoms with van der Waals surface area (Å²) in [7, 11) is 0. The van der Waals surface area contributed by atoms with Gasteiger partial charge >= 0.3 is 5.97 Å². The zero-order valence-electron chi connectivity index (χ0n) is 17.3. The van der Waals surface area contributed by atoms with E-state index in [0.717, 1.165) is 49.8 Å². The molecule has 0 bridgehead atoms. The van der Waals surface area contributed by atoms with Crippen LogP contribution in [0.4, 0.5) is 0 Å². The molecule has 0 atom stereocenters. The van der Waals surface area contributed by atoms with Gasteiger partial charge in [0, 0.05) is 52.0 Å². The van der Waals surface area contributed by atoms with Gasteiger partial charge in [0.25, 0.3) is 5.91 Å². The van der Waals surface area contributed by atoms with Crippen molar-refractivity contribution in [2.75, 3.05) is 46.1 Å². The number of fused-ring (bicyclic) bond motifs is 1. The fraction of sp³-hybridized carbons (Fsp3) is 0.500. The number of amides is 1. The van der Waals surface area contributed by atoms with Crippen molar-refractivity contribution in [3.8, 4) is 17.6 Å². The third-order valence-corrected chi connectivity index (χ3v) is 6.04. The Bertz CT molecular complexity index is 909. The number of nitrogens with zero attached hydrogens (tertiary/aromatic N) is 4. The fourth-order valence-corrected chi connectivity index (χ4v) is 4.16. The highest BCUT2D eigenvalue weighted by atomic mass is 16.7. The molecule has 0 aromatic heterocycles. The van der Waals surface area contributed by atoms with Crippen molar-refractivity contribution >= 4 is 11.9 Å². The van der Waals surface area contributed by atoms with E-state index < -0.39 is 11.9 Å². The van der Waals surface area contributed by atoms with Crippen LogP contribution in [0.3, 0.4) is 0 Å². The largest absolute Gasteiger partial charge is 0.481 e. The maximum atomic E-state index is 12.7. The van der Waals surface area contributed by atoms with E-state index in [4.69, 9.17) is 14.6 Å². The Balaban J connectivity index is 1.29. The Labute approximate surface area is 181 Å². The van der Waals surface area contributed by atoms with Gasteiger partial charge in [-0.3, -0.25) is 14.5 Å². The number of carbonyl (C=O) groups excluding carboxylic acids is 1. The zero-order chi connectivity index (χ0) is 21.8. The average molecular weight is 426 g/mol. The summed E-state index contributed by atoms with van der Waals surface area (Å²) in [5.41, 5.74) is 1.27. The summed E-state index contributed by atoms with van der Waals surface area (Å²) in [5, 5.41) is 18.6. The SMILES string of the molecule is N#C/C(=C/N1CCN(Cc2ccc3c(c2)OCO3)CC1)C(=O)N1CCC(C(=O)O)CC1. The molecular formula is C22H26N4O5. The van der Waals surface area contributed by atoms with E-state index in [0.29, 0.717) is 25.9 Å². The summed E-state index contributed by atoms with van der Waals surface area (Å²) in [6, 6.07) is 8.01. The van der Waals surface area contributed by atoms with Crippen LogP contribution in [0.2, 0.25) is 0 Å². The number of carbonyl (C=O) groups is 2. The second-order valence-electron chi connectivity index (χ2n) is 8.06. The molecule has 0 aliphatic carbocycles. The van der Waals surface area contributed by atoms with Crippen LogP contribution < -0.4 is 9.47 Å². The summed E-state index contributed by atoms with van der Waals surface area (Å²) < 4.78 is 10.8. The average Bonchev–Trinajstić information content (AvgIpc) is 3.26. The Morgan fingerprint density at radius 2 is 1.81 bits per heavy atom. The highest BCUT2D eigenvalue weighted by Crippen LogP contribution is 2.32. The van der Waals surface area contributed by atoms with Crippen LogP contribution >= 0.6 is 0 Å². The molecule has 3 aliphatic heterocycles. The molecule has 0 spiro atoms. The smallest absolute Gasteiger partial charge is 0.306 e. The van der Waals surface area contributed by atoms with Gasteiger partial charge in [0.1, 0.15) is 11.6 Å². The number of nitriles is 1. The number of piperazine rings is 1. The summed E-state index contributed by atoms with van der Waals surface area (Å²) in [4.78, 5) is 29.7. The van der Waals surface area contributed by atoms with Crippen LogP contribution in [0, 0.1) is 17.2 Å². The molecule has 164 valence electrons. The number of ether oxygens (including phenoxy) is 2. The number of piperidine rings is 1. The molecule has 3 heterocycles. The third kappa shape index (κ3) is 4.91. The van der Waals surface area contributed by atoms with E-state index in [2.05, 4.69) is 4.90 Å². The monoisotopic (exact) mass is 426 g/mol. The van der Waals surface area contributed by atoms with Crippen molar-refractivity contribution in [1.29, 1.82) is 5.26 Å². The third-order valence-electron chi connectivity index (χ3n) is 6.04. The maximum absolute atomic E-state index is 12.7. The summed E-state index contributed by atoms with van der Waals surface area (Å²) in [5.74, 6) is 0.0236. The lowest BCUT2D eigenvalue weighted by Gasteiger charge is -2.34. The van der Waals surface area contributed by atoms with E-state index in [1.807, 2.05) is 29.2 Å². The van der Waals surface area contributed by atoms with Crippen molar-refractivity contribution in [1.82, 2.24) is 14.7 Å². The summed E-state index contributed by atoms with van der Waals surface area (Å²) in [6.45, 7) is 4.91. The predicted octanol–water partition coefficient (Wildman–Crippen LogP) is 1.26. The van der Waals surface area contributed by atoms with Gasteiger partial charge in [0.2, 0.25) is 6.79 Å². The number of carboxylic acid groups (broad SMARTS) is 1. The number of benzene rings is 1. The van der Waals surface area contributed by atoms with E-state index >= 15 is 0 Å². The number of rotatable bonds is 5. The van der Waals surface area contributed by atoms with E-state index in [9.17, 15) is 14.9 Å². The van der Waals surface area contributed by atoms with E-state index in [-0.39, 0.29) is 18.3 Å². The molecule has 9 heteroatoms. The first kappa shape index (κ1) is 21.0. The first-order valence-electron chi connectivity index (χ1n) is 10.5. The highest BCUT2D eigenvalue weighted by molar-refractivity contribution is 5.97. The van der Waals surface area contributed by atoms with Crippen LogP contribution in [-0.2, 0) is 16.1 Å². The minimum absolute atomic E-state index is 0.109. The molecule has 1 amide bonds. The molecule has 3 aliphatic rings. The molecule has 0 radical (unpaired) electrons. The predicted molar refractivity (Wildman–Crippen MR) is 110 cm³/mol. The Morgan fingerprint density at radius 1 is 1.10 bits per heavy atom. The normalized spacial score (nSPS) is 19.9. The summed E-state index contributed by atoms with van der Waals surface area (Å²) >= 11 is 0.